The fraction of sp³-hybridized carbons (Fsp3) is 0.600. The lowest BCUT2D eigenvalue weighted by Gasteiger charge is -2.36. The number of nitrogens with zero attached hydrogens (tertiary/aromatic N) is 1. The first-order valence-electron chi connectivity index (χ1n) is 6.94. The molecule has 0 bridgehead atoms. The van der Waals surface area contributed by atoms with E-state index >= 15 is 0 Å². The van der Waals surface area contributed by atoms with Crippen LogP contribution in [-0.4, -0.2) is 24.5 Å². The van der Waals surface area contributed by atoms with Crippen LogP contribution >= 0.6 is 11.6 Å². The minimum Gasteiger partial charge on any atom is -0.329 e. The van der Waals surface area contributed by atoms with Crippen molar-refractivity contribution in [3.63, 3.8) is 0 Å². The quantitative estimate of drug-likeness (QED) is 0.854. The third-order valence-electron chi connectivity index (χ3n) is 4.02. The van der Waals surface area contributed by atoms with E-state index < -0.39 is 0 Å². The Morgan fingerprint density at radius 3 is 2.72 bits per heavy atom. The summed E-state index contributed by atoms with van der Waals surface area (Å²) >= 11 is 6.08. The molecule has 3 heteroatoms. The van der Waals surface area contributed by atoms with Crippen LogP contribution in [0.4, 0.5) is 0 Å². The second-order valence-electron chi connectivity index (χ2n) is 5.19. The molecule has 0 aliphatic heterocycles. The highest BCUT2D eigenvalue weighted by molar-refractivity contribution is 6.30. The molecule has 1 aliphatic carbocycles. The van der Waals surface area contributed by atoms with Crippen LogP contribution in [0.3, 0.4) is 0 Å². The summed E-state index contributed by atoms with van der Waals surface area (Å²) in [5.74, 6) is 0.873. The number of hydrogen-bond acceptors (Lipinski definition) is 2. The summed E-state index contributed by atoms with van der Waals surface area (Å²) in [6, 6.07) is 8.41. The van der Waals surface area contributed by atoms with Gasteiger partial charge in [-0.15, -0.1) is 0 Å². The van der Waals surface area contributed by atoms with Crippen molar-refractivity contribution >= 4 is 11.6 Å². The van der Waals surface area contributed by atoms with Gasteiger partial charge in [0, 0.05) is 24.2 Å². The molecule has 1 unspecified atom stereocenters. The van der Waals surface area contributed by atoms with Gasteiger partial charge in [-0.3, -0.25) is 4.90 Å². The zero-order valence-electron chi connectivity index (χ0n) is 11.1. The highest BCUT2D eigenvalue weighted by Gasteiger charge is 2.24. The van der Waals surface area contributed by atoms with Gasteiger partial charge in [0.05, 0.1) is 0 Å². The monoisotopic (exact) mass is 266 g/mol. The van der Waals surface area contributed by atoms with E-state index in [9.17, 15) is 0 Å². The number of hydrogen-bond donors (Lipinski definition) is 1. The number of nitrogens with two attached hydrogens (primary N) is 1. The number of rotatable bonds is 6. The molecule has 100 valence electrons. The molecule has 1 aliphatic rings. The minimum absolute atomic E-state index is 0.300. The Bertz CT molecular complexity index is 377. The molecule has 18 heavy (non-hydrogen) atoms. The summed E-state index contributed by atoms with van der Waals surface area (Å²) in [6.45, 7) is 5.09. The SMILES string of the molecule is CCN(CC1CCC1)C(CN)c1cccc(Cl)c1. The first kappa shape index (κ1) is 13.9. The van der Waals surface area contributed by atoms with E-state index in [1.54, 1.807) is 0 Å². The summed E-state index contributed by atoms with van der Waals surface area (Å²) in [7, 11) is 0. The molecule has 2 N–H and O–H groups in total. The van der Waals surface area contributed by atoms with E-state index in [-0.39, 0.29) is 0 Å². The lowest BCUT2D eigenvalue weighted by atomic mass is 9.84. The molecule has 0 spiro atoms. The van der Waals surface area contributed by atoms with Crippen molar-refractivity contribution in [3.05, 3.63) is 34.9 Å². The maximum atomic E-state index is 6.08. The van der Waals surface area contributed by atoms with Crippen LogP contribution in [0.25, 0.3) is 0 Å². The smallest absolute Gasteiger partial charge is 0.0470 e. The van der Waals surface area contributed by atoms with Gasteiger partial charge in [-0.05, 0) is 43.0 Å². The second-order valence-corrected chi connectivity index (χ2v) is 5.63. The number of benzene rings is 1. The topological polar surface area (TPSA) is 29.3 Å². The fourth-order valence-corrected chi connectivity index (χ4v) is 2.89. The number of halogens is 1. The molecule has 0 radical (unpaired) electrons. The van der Waals surface area contributed by atoms with Gasteiger partial charge in [0.1, 0.15) is 0 Å². The van der Waals surface area contributed by atoms with E-state index in [1.807, 2.05) is 18.2 Å². The molecule has 2 rings (SSSR count). The zero-order chi connectivity index (χ0) is 13.0. The average Bonchev–Trinajstić information content (AvgIpc) is 2.32. The predicted molar refractivity (Wildman–Crippen MR) is 77.8 cm³/mol. The summed E-state index contributed by atoms with van der Waals surface area (Å²) in [5.41, 5.74) is 7.22. The van der Waals surface area contributed by atoms with Gasteiger partial charge in [-0.2, -0.15) is 0 Å². The second kappa shape index (κ2) is 6.55. The van der Waals surface area contributed by atoms with Gasteiger partial charge in [0.15, 0.2) is 0 Å². The van der Waals surface area contributed by atoms with E-state index in [0.717, 1.165) is 17.5 Å². The first-order chi connectivity index (χ1) is 8.74. The van der Waals surface area contributed by atoms with Crippen molar-refractivity contribution in [1.82, 2.24) is 4.90 Å². The summed E-state index contributed by atoms with van der Waals surface area (Å²) in [5, 5.41) is 0.797. The van der Waals surface area contributed by atoms with Crippen LogP contribution in [-0.2, 0) is 0 Å². The van der Waals surface area contributed by atoms with Gasteiger partial charge < -0.3 is 5.73 Å². The third kappa shape index (κ3) is 3.25. The molecule has 1 fully saturated rings. The van der Waals surface area contributed by atoms with Gasteiger partial charge in [-0.1, -0.05) is 37.1 Å². The van der Waals surface area contributed by atoms with E-state index in [1.165, 1.54) is 31.4 Å². The highest BCUT2D eigenvalue weighted by Crippen LogP contribution is 2.30. The molecule has 0 amide bonds. The maximum absolute atomic E-state index is 6.08. The predicted octanol–water partition coefficient (Wildman–Crippen LogP) is 3.46. The van der Waals surface area contributed by atoms with E-state index in [4.69, 9.17) is 17.3 Å². The van der Waals surface area contributed by atoms with Crippen molar-refractivity contribution in [2.45, 2.75) is 32.2 Å². The Hall–Kier alpha value is -0.570. The van der Waals surface area contributed by atoms with Crippen molar-refractivity contribution in [3.8, 4) is 0 Å². The molecule has 0 aromatic heterocycles. The Balaban J connectivity index is 2.09. The summed E-state index contributed by atoms with van der Waals surface area (Å²) in [4.78, 5) is 2.50. The van der Waals surface area contributed by atoms with E-state index in [2.05, 4.69) is 17.9 Å². The van der Waals surface area contributed by atoms with E-state index in [0.29, 0.717) is 12.6 Å². The minimum atomic E-state index is 0.300. The standard InChI is InChI=1S/C15H23ClN2/c1-2-18(11-12-5-3-6-12)15(10-17)13-7-4-8-14(16)9-13/h4,7-9,12,15H,2-3,5-6,10-11,17H2,1H3. The maximum Gasteiger partial charge on any atom is 0.0470 e. The highest BCUT2D eigenvalue weighted by atomic mass is 35.5. The molecule has 0 saturated heterocycles. The normalized spacial score (nSPS) is 17.8. The first-order valence-corrected chi connectivity index (χ1v) is 7.32. The van der Waals surface area contributed by atoms with Crippen LogP contribution < -0.4 is 5.73 Å². The summed E-state index contributed by atoms with van der Waals surface area (Å²) < 4.78 is 0. The number of likely N-dealkylation sites (N-methyl/N-ethyl adjacent to an activating group) is 1. The lowest BCUT2D eigenvalue weighted by Crippen LogP contribution is -2.38. The van der Waals surface area contributed by atoms with Crippen LogP contribution in [0.15, 0.2) is 24.3 Å². The lowest BCUT2D eigenvalue weighted by molar-refractivity contribution is 0.141. The summed E-state index contributed by atoms with van der Waals surface area (Å²) in [6.07, 6.45) is 4.15. The average molecular weight is 267 g/mol. The Morgan fingerprint density at radius 1 is 1.44 bits per heavy atom. The fourth-order valence-electron chi connectivity index (χ4n) is 2.69. The molecule has 0 heterocycles. The Morgan fingerprint density at radius 2 is 2.22 bits per heavy atom. The molecular weight excluding hydrogens is 244 g/mol. The van der Waals surface area contributed by atoms with Crippen molar-refractivity contribution in [2.24, 2.45) is 11.7 Å². The van der Waals surface area contributed by atoms with Crippen molar-refractivity contribution in [1.29, 1.82) is 0 Å². The zero-order valence-corrected chi connectivity index (χ0v) is 11.9. The largest absolute Gasteiger partial charge is 0.329 e. The molecule has 2 nitrogen and oxygen atoms in total. The Labute approximate surface area is 115 Å². The third-order valence-corrected chi connectivity index (χ3v) is 4.26. The van der Waals surface area contributed by atoms with Crippen LogP contribution in [0.1, 0.15) is 37.8 Å². The van der Waals surface area contributed by atoms with Crippen LogP contribution in [0.2, 0.25) is 5.02 Å². The van der Waals surface area contributed by atoms with Crippen molar-refractivity contribution < 1.29 is 0 Å². The van der Waals surface area contributed by atoms with Gasteiger partial charge in [0.25, 0.3) is 0 Å². The molecule has 1 aromatic rings. The van der Waals surface area contributed by atoms with Crippen molar-refractivity contribution in [2.75, 3.05) is 19.6 Å². The van der Waals surface area contributed by atoms with Gasteiger partial charge in [0.2, 0.25) is 0 Å². The molecular formula is C15H23ClN2. The van der Waals surface area contributed by atoms with Crippen LogP contribution in [0, 0.1) is 5.92 Å². The Kier molecular flexibility index (Phi) is 5.04. The molecule has 1 aromatic carbocycles. The van der Waals surface area contributed by atoms with Gasteiger partial charge in [-0.25, -0.2) is 0 Å². The molecule has 1 atom stereocenters. The van der Waals surface area contributed by atoms with Crippen LogP contribution in [0.5, 0.6) is 0 Å². The van der Waals surface area contributed by atoms with Gasteiger partial charge >= 0.3 is 0 Å². The molecule has 1 saturated carbocycles.